The molecule has 0 bridgehead atoms. The van der Waals surface area contributed by atoms with Crippen LogP contribution < -0.4 is 5.64 Å². The zero-order valence-electron chi connectivity index (χ0n) is 4.18. The fraction of sp³-hybridized carbons (Fsp3) is 1.00. The van der Waals surface area contributed by atoms with E-state index in [4.69, 9.17) is 10.8 Å². The highest BCUT2D eigenvalue weighted by molar-refractivity contribution is 6.54. The maximum absolute atomic E-state index is 8.50. The van der Waals surface area contributed by atoms with Crippen molar-refractivity contribution in [1.82, 2.24) is 0 Å². The molecular formula is C3H10BNO. The molecule has 0 saturated carbocycles. The number of aliphatic hydroxyl groups excluding tert-OH is 1. The summed E-state index contributed by atoms with van der Waals surface area (Å²) in [6, 6.07) is -0.370. The lowest BCUT2D eigenvalue weighted by molar-refractivity contribution is 0.268. The molecule has 0 saturated heterocycles. The minimum absolute atomic E-state index is 0.0926. The molecule has 0 aromatic heterocycles. The van der Waals surface area contributed by atoms with Crippen LogP contribution in [0.1, 0.15) is 6.92 Å². The first-order valence-electron chi connectivity index (χ1n) is 2.08. The molecule has 0 heterocycles. The van der Waals surface area contributed by atoms with E-state index >= 15 is 0 Å². The lowest BCUT2D eigenvalue weighted by atomic mass is 9.62. The monoisotopic (exact) mass is 87.1 g/mol. The third-order valence-corrected chi connectivity index (χ3v) is 0.761. The second-order valence-corrected chi connectivity index (χ2v) is 1.60. The molecule has 0 aliphatic carbocycles. The number of hydrogen-bond acceptors (Lipinski definition) is 2. The lowest BCUT2D eigenvalue weighted by Crippen LogP contribution is -2.34. The SMILES string of the molecule is CB(N)C(C)O. The van der Waals surface area contributed by atoms with Gasteiger partial charge in [-0.1, -0.05) is 6.82 Å². The Bertz CT molecular complexity index is 31.8. The van der Waals surface area contributed by atoms with Crippen molar-refractivity contribution >= 4 is 6.85 Å². The quantitative estimate of drug-likeness (QED) is 0.423. The molecule has 0 rings (SSSR count). The Labute approximate surface area is 38.4 Å². The number of rotatable bonds is 1. The normalized spacial score (nSPS) is 14.0. The average molecular weight is 86.9 g/mol. The average Bonchev–Trinajstić information content (AvgIpc) is 1.36. The smallest absolute Gasteiger partial charge is 0.246 e. The van der Waals surface area contributed by atoms with E-state index in [0.29, 0.717) is 0 Å². The molecule has 36 valence electrons. The Hall–Kier alpha value is -0.0151. The van der Waals surface area contributed by atoms with Crippen molar-refractivity contribution in [2.24, 2.45) is 5.64 Å². The van der Waals surface area contributed by atoms with E-state index in [9.17, 15) is 0 Å². The molecule has 0 fully saturated rings. The number of hydrogen-bond donors (Lipinski definition) is 2. The molecule has 6 heavy (non-hydrogen) atoms. The van der Waals surface area contributed by atoms with Crippen molar-refractivity contribution in [3.8, 4) is 0 Å². The molecule has 1 unspecified atom stereocenters. The van der Waals surface area contributed by atoms with Gasteiger partial charge in [0.1, 0.15) is 0 Å². The predicted octanol–water partition coefficient (Wildman–Crippen LogP) is -0.514. The first-order valence-corrected chi connectivity index (χ1v) is 2.08. The summed E-state index contributed by atoms with van der Waals surface area (Å²) in [5.74, 6) is 0. The second kappa shape index (κ2) is 2.21. The first-order chi connectivity index (χ1) is 2.64. The molecule has 0 aromatic carbocycles. The van der Waals surface area contributed by atoms with Crippen molar-refractivity contribution < 1.29 is 5.11 Å². The highest BCUT2D eigenvalue weighted by Gasteiger charge is 2.04. The third kappa shape index (κ3) is 2.24. The van der Waals surface area contributed by atoms with E-state index in [1.807, 2.05) is 0 Å². The van der Waals surface area contributed by atoms with Gasteiger partial charge in [0.2, 0.25) is 6.85 Å². The van der Waals surface area contributed by atoms with Gasteiger partial charge in [-0.2, -0.15) is 0 Å². The molecule has 0 aliphatic heterocycles. The highest BCUT2D eigenvalue weighted by Crippen LogP contribution is 1.77. The molecule has 3 heteroatoms. The maximum atomic E-state index is 8.50. The summed E-state index contributed by atoms with van der Waals surface area (Å²) in [5, 5.41) is 8.50. The Balaban J connectivity index is 2.99. The molecule has 0 aliphatic rings. The van der Waals surface area contributed by atoms with Gasteiger partial charge in [-0.05, 0) is 6.92 Å². The lowest BCUT2D eigenvalue weighted by Gasteiger charge is -2.00. The van der Waals surface area contributed by atoms with Crippen LogP contribution in [0.2, 0.25) is 6.82 Å². The Kier molecular flexibility index (Phi) is 2.20. The molecular weight excluding hydrogens is 76.9 g/mol. The Morgan fingerprint density at radius 2 is 2.00 bits per heavy atom. The van der Waals surface area contributed by atoms with E-state index in [1.165, 1.54) is 0 Å². The van der Waals surface area contributed by atoms with Gasteiger partial charge in [0.15, 0.2) is 0 Å². The largest absolute Gasteiger partial charge is 0.400 e. The summed E-state index contributed by atoms with van der Waals surface area (Å²) >= 11 is 0. The molecule has 0 spiro atoms. The standard InChI is InChI=1S/C3H10BNO/c1-3(6)4(2)5/h3,6H,5H2,1-2H3. The van der Waals surface area contributed by atoms with Gasteiger partial charge in [-0.25, -0.2) is 0 Å². The minimum atomic E-state index is -0.370. The second-order valence-electron chi connectivity index (χ2n) is 1.60. The van der Waals surface area contributed by atoms with Crippen LogP contribution in [0.5, 0.6) is 0 Å². The number of nitrogens with two attached hydrogens (primary N) is 1. The Morgan fingerprint density at radius 1 is 1.83 bits per heavy atom. The molecule has 0 radical (unpaired) electrons. The predicted molar refractivity (Wildman–Crippen MR) is 27.5 cm³/mol. The van der Waals surface area contributed by atoms with Crippen LogP contribution in [0.15, 0.2) is 0 Å². The van der Waals surface area contributed by atoms with Gasteiger partial charge < -0.3 is 10.8 Å². The van der Waals surface area contributed by atoms with E-state index in [1.54, 1.807) is 13.7 Å². The first kappa shape index (κ1) is 5.98. The van der Waals surface area contributed by atoms with Crippen LogP contribution in [0, 0.1) is 0 Å². The zero-order chi connectivity index (χ0) is 5.15. The van der Waals surface area contributed by atoms with E-state index in [2.05, 4.69) is 0 Å². The van der Waals surface area contributed by atoms with Gasteiger partial charge in [0.25, 0.3) is 0 Å². The van der Waals surface area contributed by atoms with Gasteiger partial charge in [-0.15, -0.1) is 0 Å². The van der Waals surface area contributed by atoms with Crippen LogP contribution in [0.25, 0.3) is 0 Å². The van der Waals surface area contributed by atoms with Crippen LogP contribution >= 0.6 is 0 Å². The van der Waals surface area contributed by atoms with E-state index in [0.717, 1.165) is 0 Å². The summed E-state index contributed by atoms with van der Waals surface area (Å²) in [5.41, 5.74) is 5.19. The van der Waals surface area contributed by atoms with E-state index < -0.39 is 0 Å². The summed E-state index contributed by atoms with van der Waals surface area (Å²) in [4.78, 5) is 0. The van der Waals surface area contributed by atoms with Crippen molar-refractivity contribution in [1.29, 1.82) is 0 Å². The van der Waals surface area contributed by atoms with Crippen molar-refractivity contribution in [3.63, 3.8) is 0 Å². The zero-order valence-corrected chi connectivity index (χ0v) is 4.18. The van der Waals surface area contributed by atoms with Crippen molar-refractivity contribution in [3.05, 3.63) is 0 Å². The third-order valence-electron chi connectivity index (χ3n) is 0.761. The van der Waals surface area contributed by atoms with Crippen molar-refractivity contribution in [2.75, 3.05) is 0 Å². The van der Waals surface area contributed by atoms with Gasteiger partial charge in [0.05, 0.1) is 0 Å². The van der Waals surface area contributed by atoms with Gasteiger partial charge >= 0.3 is 0 Å². The number of aliphatic hydroxyl groups is 1. The van der Waals surface area contributed by atoms with Crippen molar-refractivity contribution in [2.45, 2.75) is 19.8 Å². The molecule has 1 atom stereocenters. The summed E-state index contributed by atoms with van der Waals surface area (Å²) in [6.07, 6.45) is 0. The summed E-state index contributed by atoms with van der Waals surface area (Å²) in [6.45, 7) is 3.35. The fourth-order valence-corrected chi connectivity index (χ4v) is 0. The van der Waals surface area contributed by atoms with E-state index in [-0.39, 0.29) is 12.9 Å². The van der Waals surface area contributed by atoms with Crippen LogP contribution in [-0.4, -0.2) is 18.0 Å². The molecule has 2 nitrogen and oxygen atoms in total. The van der Waals surface area contributed by atoms with Crippen LogP contribution in [-0.2, 0) is 0 Å². The summed E-state index contributed by atoms with van der Waals surface area (Å²) in [7, 11) is 0. The fourth-order valence-electron chi connectivity index (χ4n) is 0. The van der Waals surface area contributed by atoms with Crippen LogP contribution in [0.3, 0.4) is 0 Å². The molecule has 3 N–H and O–H groups in total. The van der Waals surface area contributed by atoms with Gasteiger partial charge in [0, 0.05) is 6.00 Å². The molecule has 0 amide bonds. The topological polar surface area (TPSA) is 46.2 Å². The minimum Gasteiger partial charge on any atom is -0.400 e. The highest BCUT2D eigenvalue weighted by atomic mass is 16.3. The maximum Gasteiger partial charge on any atom is 0.246 e. The van der Waals surface area contributed by atoms with Crippen LogP contribution in [0.4, 0.5) is 0 Å². The molecule has 0 aromatic rings. The Morgan fingerprint density at radius 3 is 2.00 bits per heavy atom. The van der Waals surface area contributed by atoms with Gasteiger partial charge in [-0.3, -0.25) is 0 Å². The summed E-state index contributed by atoms with van der Waals surface area (Å²) < 4.78 is 0.